The first-order chi connectivity index (χ1) is 8.95. The molecule has 4 heteroatoms. The summed E-state index contributed by atoms with van der Waals surface area (Å²) in [5.41, 5.74) is 0.986. The topological polar surface area (TPSA) is 70.3 Å². The van der Waals surface area contributed by atoms with Gasteiger partial charge in [0.1, 0.15) is 6.10 Å². The number of benzene rings is 1. The molecule has 1 N–H and O–H groups in total. The average Bonchev–Trinajstić information content (AvgIpc) is 2.43. The largest absolute Gasteiger partial charge is 0.462 e. The third-order valence-electron chi connectivity index (χ3n) is 2.50. The first-order valence-corrected chi connectivity index (χ1v) is 5.99. The summed E-state index contributed by atoms with van der Waals surface area (Å²) in [4.78, 5) is 11.7. The van der Waals surface area contributed by atoms with Crippen molar-refractivity contribution in [1.82, 2.24) is 0 Å². The predicted molar refractivity (Wildman–Crippen MR) is 71.1 cm³/mol. The van der Waals surface area contributed by atoms with Crippen LogP contribution in [0, 0.1) is 17.2 Å². The van der Waals surface area contributed by atoms with Gasteiger partial charge in [0.15, 0.2) is 0 Å². The van der Waals surface area contributed by atoms with Crippen molar-refractivity contribution in [3.8, 4) is 6.07 Å². The van der Waals surface area contributed by atoms with E-state index in [2.05, 4.69) is 6.58 Å². The number of carbonyl (C=O) groups is 1. The number of hydrogen-bond donors (Lipinski definition) is 1. The summed E-state index contributed by atoms with van der Waals surface area (Å²) in [5.74, 6) is -0.380. The van der Waals surface area contributed by atoms with Gasteiger partial charge in [0, 0.05) is 0 Å². The molecule has 19 heavy (non-hydrogen) atoms. The van der Waals surface area contributed by atoms with Crippen LogP contribution in [0.25, 0.3) is 0 Å². The van der Waals surface area contributed by atoms with Crippen LogP contribution in [0.15, 0.2) is 36.4 Å². The summed E-state index contributed by atoms with van der Waals surface area (Å²) in [6, 6.07) is 8.31. The van der Waals surface area contributed by atoms with E-state index < -0.39 is 12.1 Å². The molecule has 0 aliphatic heterocycles. The first kappa shape index (κ1) is 14.9. The van der Waals surface area contributed by atoms with E-state index in [1.54, 1.807) is 24.3 Å². The second-order valence-electron chi connectivity index (χ2n) is 4.65. The van der Waals surface area contributed by atoms with E-state index in [9.17, 15) is 9.90 Å². The first-order valence-electron chi connectivity index (χ1n) is 5.99. The molecular formula is C15H17NO3. The van der Waals surface area contributed by atoms with Gasteiger partial charge in [-0.25, -0.2) is 4.79 Å². The highest BCUT2D eigenvalue weighted by Crippen LogP contribution is 2.21. The Bertz CT molecular complexity index is 497. The van der Waals surface area contributed by atoms with Crippen molar-refractivity contribution in [2.45, 2.75) is 20.0 Å². The summed E-state index contributed by atoms with van der Waals surface area (Å²) < 4.78 is 5.00. The Morgan fingerprint density at radius 2 is 2.00 bits per heavy atom. The van der Waals surface area contributed by atoms with E-state index >= 15 is 0 Å². The lowest BCUT2D eigenvalue weighted by atomic mass is 10.0. The molecule has 1 atom stereocenters. The third-order valence-corrected chi connectivity index (χ3v) is 2.50. The summed E-state index contributed by atoms with van der Waals surface area (Å²) in [7, 11) is 0. The predicted octanol–water partition coefficient (Wildman–Crippen LogP) is 2.35. The SMILES string of the molecule is C=C(C(=O)OCC(C)C)C(O)c1ccc(C#N)cc1. The number of rotatable bonds is 5. The van der Waals surface area contributed by atoms with Gasteiger partial charge < -0.3 is 9.84 Å². The molecule has 0 heterocycles. The number of carbonyl (C=O) groups excluding carboxylic acids is 1. The van der Waals surface area contributed by atoms with Gasteiger partial charge in [0.2, 0.25) is 0 Å². The fraction of sp³-hybridized carbons (Fsp3) is 0.333. The molecule has 0 aliphatic carbocycles. The molecule has 0 saturated carbocycles. The Labute approximate surface area is 112 Å². The Balaban J connectivity index is 2.70. The number of ether oxygens (including phenoxy) is 1. The van der Waals surface area contributed by atoms with Gasteiger partial charge >= 0.3 is 5.97 Å². The number of aliphatic hydroxyl groups excluding tert-OH is 1. The number of aliphatic hydroxyl groups is 1. The lowest BCUT2D eigenvalue weighted by Gasteiger charge is -2.14. The van der Waals surface area contributed by atoms with Crippen molar-refractivity contribution in [3.05, 3.63) is 47.5 Å². The lowest BCUT2D eigenvalue weighted by Crippen LogP contribution is -2.16. The molecule has 0 radical (unpaired) electrons. The highest BCUT2D eigenvalue weighted by molar-refractivity contribution is 5.89. The van der Waals surface area contributed by atoms with Gasteiger partial charge in [-0.05, 0) is 23.6 Å². The zero-order chi connectivity index (χ0) is 14.4. The summed E-state index contributed by atoms with van der Waals surface area (Å²) >= 11 is 0. The average molecular weight is 259 g/mol. The molecule has 1 rings (SSSR count). The van der Waals surface area contributed by atoms with Crippen LogP contribution in [-0.4, -0.2) is 17.7 Å². The molecule has 0 saturated heterocycles. The van der Waals surface area contributed by atoms with Gasteiger partial charge in [-0.3, -0.25) is 0 Å². The third kappa shape index (κ3) is 4.23. The second kappa shape index (κ2) is 6.72. The van der Waals surface area contributed by atoms with Crippen molar-refractivity contribution >= 4 is 5.97 Å². The summed E-state index contributed by atoms with van der Waals surface area (Å²) in [6.45, 7) is 7.70. The normalized spacial score (nSPS) is 11.7. The van der Waals surface area contributed by atoms with E-state index in [0.717, 1.165) is 0 Å². The molecular weight excluding hydrogens is 242 g/mol. The standard InChI is InChI=1S/C15H17NO3/c1-10(2)9-19-15(18)11(3)14(17)13-6-4-12(8-16)5-7-13/h4-7,10,14,17H,3,9H2,1-2H3. The lowest BCUT2D eigenvalue weighted by molar-refractivity contribution is -0.141. The second-order valence-corrected chi connectivity index (χ2v) is 4.65. The highest BCUT2D eigenvalue weighted by Gasteiger charge is 2.19. The minimum Gasteiger partial charge on any atom is -0.462 e. The van der Waals surface area contributed by atoms with Crippen molar-refractivity contribution in [1.29, 1.82) is 5.26 Å². The Kier molecular flexibility index (Phi) is 5.28. The van der Waals surface area contributed by atoms with Crippen molar-refractivity contribution in [2.24, 2.45) is 5.92 Å². The minimum atomic E-state index is -1.12. The summed E-state index contributed by atoms with van der Waals surface area (Å²) in [6.07, 6.45) is -1.12. The van der Waals surface area contributed by atoms with Crippen molar-refractivity contribution in [3.63, 3.8) is 0 Å². The molecule has 0 aromatic heterocycles. The molecule has 4 nitrogen and oxygen atoms in total. The molecule has 1 aromatic carbocycles. The molecule has 1 aromatic rings. The van der Waals surface area contributed by atoms with E-state index in [-0.39, 0.29) is 18.1 Å². The Hall–Kier alpha value is -2.12. The fourth-order valence-electron chi connectivity index (χ4n) is 1.39. The maximum Gasteiger partial charge on any atom is 0.336 e. The molecule has 0 bridgehead atoms. The minimum absolute atomic E-state index is 0.00893. The molecule has 0 spiro atoms. The molecule has 1 unspecified atom stereocenters. The molecule has 100 valence electrons. The monoisotopic (exact) mass is 259 g/mol. The zero-order valence-electron chi connectivity index (χ0n) is 11.1. The summed E-state index contributed by atoms with van der Waals surface area (Å²) in [5, 5.41) is 18.7. The van der Waals surface area contributed by atoms with E-state index in [1.165, 1.54) is 0 Å². The van der Waals surface area contributed by atoms with E-state index in [1.807, 2.05) is 19.9 Å². The number of nitrogens with zero attached hydrogens (tertiary/aromatic N) is 1. The molecule has 0 aliphatic rings. The number of nitriles is 1. The van der Waals surface area contributed by atoms with Crippen LogP contribution in [0.1, 0.15) is 31.1 Å². The van der Waals surface area contributed by atoms with Gasteiger partial charge in [-0.1, -0.05) is 32.6 Å². The fourth-order valence-corrected chi connectivity index (χ4v) is 1.39. The van der Waals surface area contributed by atoms with Crippen molar-refractivity contribution in [2.75, 3.05) is 6.61 Å². The van der Waals surface area contributed by atoms with Gasteiger partial charge in [0.25, 0.3) is 0 Å². The van der Waals surface area contributed by atoms with E-state index in [4.69, 9.17) is 10.00 Å². The van der Waals surface area contributed by atoms with E-state index in [0.29, 0.717) is 11.1 Å². The Morgan fingerprint density at radius 3 is 2.47 bits per heavy atom. The van der Waals surface area contributed by atoms with Gasteiger partial charge in [-0.15, -0.1) is 0 Å². The zero-order valence-corrected chi connectivity index (χ0v) is 11.1. The van der Waals surface area contributed by atoms with Gasteiger partial charge in [0.05, 0.1) is 23.8 Å². The molecule has 0 fully saturated rings. The highest BCUT2D eigenvalue weighted by atomic mass is 16.5. The van der Waals surface area contributed by atoms with Crippen LogP contribution in [0.3, 0.4) is 0 Å². The van der Waals surface area contributed by atoms with Crippen LogP contribution in [0.5, 0.6) is 0 Å². The number of esters is 1. The Morgan fingerprint density at radius 1 is 1.42 bits per heavy atom. The van der Waals surface area contributed by atoms with Crippen LogP contribution in [0.2, 0.25) is 0 Å². The van der Waals surface area contributed by atoms with Crippen LogP contribution < -0.4 is 0 Å². The van der Waals surface area contributed by atoms with Crippen LogP contribution in [0.4, 0.5) is 0 Å². The quantitative estimate of drug-likeness (QED) is 0.651. The molecule has 0 amide bonds. The van der Waals surface area contributed by atoms with Crippen LogP contribution >= 0.6 is 0 Å². The maximum atomic E-state index is 11.7. The number of hydrogen-bond acceptors (Lipinski definition) is 4. The van der Waals surface area contributed by atoms with Crippen molar-refractivity contribution < 1.29 is 14.6 Å². The van der Waals surface area contributed by atoms with Gasteiger partial charge in [-0.2, -0.15) is 5.26 Å². The smallest absolute Gasteiger partial charge is 0.336 e. The maximum absolute atomic E-state index is 11.7. The van der Waals surface area contributed by atoms with Crippen LogP contribution in [-0.2, 0) is 9.53 Å².